The van der Waals surface area contributed by atoms with Gasteiger partial charge in [0.15, 0.2) is 0 Å². The van der Waals surface area contributed by atoms with Gasteiger partial charge in [-0.3, -0.25) is 0 Å². The molecule has 6 nitrogen and oxygen atoms in total. The summed E-state index contributed by atoms with van der Waals surface area (Å²) >= 11 is 9.05. The predicted molar refractivity (Wildman–Crippen MR) is 81.0 cm³/mol. The van der Waals surface area contributed by atoms with E-state index in [1.54, 1.807) is 4.68 Å². The minimum atomic E-state index is 0.388. The van der Waals surface area contributed by atoms with Crippen LogP contribution in [0, 0.1) is 0 Å². The third-order valence-corrected chi connectivity index (χ3v) is 3.51. The minimum absolute atomic E-state index is 0.388. The quantitative estimate of drug-likeness (QED) is 0.648. The van der Waals surface area contributed by atoms with Gasteiger partial charge in [0.05, 0.1) is 5.69 Å². The van der Waals surface area contributed by atoms with Crippen molar-refractivity contribution in [2.24, 2.45) is 0 Å². The third-order valence-electron chi connectivity index (χ3n) is 2.79. The average molecular weight is 369 g/mol. The zero-order chi connectivity index (χ0) is 14.7. The van der Waals surface area contributed by atoms with E-state index in [0.717, 1.165) is 15.7 Å². The highest BCUT2D eigenvalue weighted by atomic mass is 79.9. The Bertz CT molecular complexity index is 724. The molecule has 0 spiro atoms. The van der Waals surface area contributed by atoms with E-state index >= 15 is 0 Å². The molecule has 0 fully saturated rings. The summed E-state index contributed by atoms with van der Waals surface area (Å²) in [6.45, 7) is 0.388. The Morgan fingerprint density at radius 3 is 2.71 bits per heavy atom. The summed E-state index contributed by atoms with van der Waals surface area (Å²) in [5, 5.41) is 16.1. The molecule has 0 aliphatic rings. The molecule has 0 amide bonds. The van der Waals surface area contributed by atoms with Crippen LogP contribution < -0.4 is 0 Å². The second kappa shape index (κ2) is 6.36. The topological polar surface area (TPSA) is 69.6 Å². The van der Waals surface area contributed by atoms with Gasteiger partial charge in [0.1, 0.15) is 6.54 Å². The second-order valence-corrected chi connectivity index (χ2v) is 5.65. The smallest absolute Gasteiger partial charge is 0.247 e. The average Bonchev–Trinajstić information content (AvgIpc) is 3.11. The number of nitrogens with zero attached hydrogens (tertiary/aromatic N) is 5. The van der Waals surface area contributed by atoms with Crippen LogP contribution in [0.25, 0.3) is 11.5 Å². The second-order valence-electron chi connectivity index (χ2n) is 4.35. The molecule has 108 valence electrons. The standard InChI is InChI=1S/C13H11BrClN5O/c14-10-3-1-9(2-4-10)13-18-17-12(21-13)8-20-7-11(5-6-15)16-19-20/h1-4,7H,5-6,8H2. The molecular formula is C13H11BrClN5O. The molecule has 2 heterocycles. The van der Waals surface area contributed by atoms with Crippen molar-refractivity contribution in [2.75, 3.05) is 5.88 Å². The molecule has 0 unspecified atom stereocenters. The van der Waals surface area contributed by atoms with Gasteiger partial charge in [0.25, 0.3) is 0 Å². The lowest BCUT2D eigenvalue weighted by Crippen LogP contribution is -2.00. The molecule has 21 heavy (non-hydrogen) atoms. The van der Waals surface area contributed by atoms with Crippen molar-refractivity contribution in [1.29, 1.82) is 0 Å². The van der Waals surface area contributed by atoms with Crippen molar-refractivity contribution in [2.45, 2.75) is 13.0 Å². The highest BCUT2D eigenvalue weighted by molar-refractivity contribution is 9.10. The summed E-state index contributed by atoms with van der Waals surface area (Å²) < 4.78 is 8.28. The fourth-order valence-corrected chi connectivity index (χ4v) is 2.25. The van der Waals surface area contributed by atoms with Crippen LogP contribution in [0.2, 0.25) is 0 Å². The van der Waals surface area contributed by atoms with Gasteiger partial charge in [-0.05, 0) is 24.3 Å². The van der Waals surface area contributed by atoms with Gasteiger partial charge in [-0.2, -0.15) is 0 Å². The summed E-state index contributed by atoms with van der Waals surface area (Å²) in [4.78, 5) is 0. The summed E-state index contributed by atoms with van der Waals surface area (Å²) in [5.41, 5.74) is 1.72. The van der Waals surface area contributed by atoms with Gasteiger partial charge >= 0.3 is 0 Å². The fraction of sp³-hybridized carbons (Fsp3) is 0.231. The summed E-state index contributed by atoms with van der Waals surface area (Å²) in [6.07, 6.45) is 2.52. The zero-order valence-electron chi connectivity index (χ0n) is 10.9. The zero-order valence-corrected chi connectivity index (χ0v) is 13.3. The van der Waals surface area contributed by atoms with Crippen molar-refractivity contribution < 1.29 is 4.42 Å². The van der Waals surface area contributed by atoms with Gasteiger partial charge in [-0.15, -0.1) is 26.9 Å². The van der Waals surface area contributed by atoms with Crippen LogP contribution in [-0.4, -0.2) is 31.1 Å². The lowest BCUT2D eigenvalue weighted by Gasteiger charge is -1.95. The number of aromatic nitrogens is 5. The molecule has 0 saturated heterocycles. The number of benzene rings is 1. The van der Waals surface area contributed by atoms with Crippen LogP contribution in [0.15, 0.2) is 39.4 Å². The van der Waals surface area contributed by atoms with Crippen molar-refractivity contribution >= 4 is 27.5 Å². The van der Waals surface area contributed by atoms with E-state index in [0.29, 0.717) is 30.6 Å². The van der Waals surface area contributed by atoms with E-state index in [1.807, 2.05) is 30.5 Å². The molecule has 1 aromatic carbocycles. The van der Waals surface area contributed by atoms with Gasteiger partial charge in [0, 0.05) is 28.5 Å². The highest BCUT2D eigenvalue weighted by Gasteiger charge is 2.10. The third kappa shape index (κ3) is 3.48. The summed E-state index contributed by atoms with van der Waals surface area (Å²) in [6, 6.07) is 7.68. The first-order valence-electron chi connectivity index (χ1n) is 6.28. The van der Waals surface area contributed by atoms with Crippen LogP contribution in [-0.2, 0) is 13.0 Å². The monoisotopic (exact) mass is 367 g/mol. The van der Waals surface area contributed by atoms with Crippen molar-refractivity contribution in [3.63, 3.8) is 0 Å². The van der Waals surface area contributed by atoms with E-state index in [9.17, 15) is 0 Å². The molecule has 0 N–H and O–H groups in total. The van der Waals surface area contributed by atoms with E-state index < -0.39 is 0 Å². The highest BCUT2D eigenvalue weighted by Crippen LogP contribution is 2.20. The normalized spacial score (nSPS) is 11.0. The molecule has 0 bridgehead atoms. The number of alkyl halides is 1. The summed E-state index contributed by atoms with van der Waals surface area (Å²) in [5.74, 6) is 1.49. The molecule has 2 aromatic heterocycles. The van der Waals surface area contributed by atoms with Gasteiger partial charge in [-0.1, -0.05) is 21.1 Å². The maximum atomic E-state index is 5.67. The maximum absolute atomic E-state index is 5.67. The van der Waals surface area contributed by atoms with Crippen molar-refractivity contribution in [1.82, 2.24) is 25.2 Å². The first-order chi connectivity index (χ1) is 10.2. The molecular weight excluding hydrogens is 358 g/mol. The number of hydrogen-bond donors (Lipinski definition) is 0. The van der Waals surface area contributed by atoms with Gasteiger partial charge in [-0.25, -0.2) is 4.68 Å². The molecule has 0 aliphatic carbocycles. The number of halogens is 2. The minimum Gasteiger partial charge on any atom is -0.419 e. The van der Waals surface area contributed by atoms with E-state index in [4.69, 9.17) is 16.0 Å². The Balaban J connectivity index is 1.73. The summed E-state index contributed by atoms with van der Waals surface area (Å²) in [7, 11) is 0. The van der Waals surface area contributed by atoms with Crippen LogP contribution in [0.3, 0.4) is 0 Å². The van der Waals surface area contributed by atoms with Gasteiger partial charge < -0.3 is 4.42 Å². The van der Waals surface area contributed by atoms with Crippen LogP contribution >= 0.6 is 27.5 Å². The van der Waals surface area contributed by atoms with Crippen LogP contribution in [0.5, 0.6) is 0 Å². The largest absolute Gasteiger partial charge is 0.419 e. The van der Waals surface area contributed by atoms with Crippen LogP contribution in [0.1, 0.15) is 11.6 Å². The molecule has 0 radical (unpaired) electrons. The van der Waals surface area contributed by atoms with E-state index in [1.165, 1.54) is 0 Å². The van der Waals surface area contributed by atoms with Gasteiger partial charge in [0.2, 0.25) is 11.8 Å². The van der Waals surface area contributed by atoms with E-state index in [-0.39, 0.29) is 0 Å². The molecule has 0 atom stereocenters. The molecule has 8 heteroatoms. The number of rotatable bonds is 5. The van der Waals surface area contributed by atoms with Crippen molar-refractivity contribution in [3.8, 4) is 11.5 Å². The first-order valence-corrected chi connectivity index (χ1v) is 7.60. The SMILES string of the molecule is ClCCc1cn(Cc2nnc(-c3ccc(Br)cc3)o2)nn1. The Labute approximate surface area is 134 Å². The van der Waals surface area contributed by atoms with Crippen LogP contribution in [0.4, 0.5) is 0 Å². The molecule has 0 aliphatic heterocycles. The fourth-order valence-electron chi connectivity index (χ4n) is 1.79. The lowest BCUT2D eigenvalue weighted by molar-refractivity contribution is 0.469. The number of hydrogen-bond acceptors (Lipinski definition) is 5. The Hall–Kier alpha value is -1.73. The Kier molecular flexibility index (Phi) is 4.31. The Morgan fingerprint density at radius 2 is 1.95 bits per heavy atom. The first kappa shape index (κ1) is 14.2. The lowest BCUT2D eigenvalue weighted by atomic mass is 10.2. The molecule has 0 saturated carbocycles. The predicted octanol–water partition coefficient (Wildman–Crippen LogP) is 2.92. The maximum Gasteiger partial charge on any atom is 0.247 e. The van der Waals surface area contributed by atoms with Crippen molar-refractivity contribution in [3.05, 3.63) is 46.5 Å². The van der Waals surface area contributed by atoms with E-state index in [2.05, 4.69) is 36.4 Å². The molecule has 3 rings (SSSR count). The molecule has 3 aromatic rings. The Morgan fingerprint density at radius 1 is 1.14 bits per heavy atom. The number of aryl methyl sites for hydroxylation is 1.